The van der Waals surface area contributed by atoms with Crippen LogP contribution >= 0.6 is 22.9 Å². The third-order valence-corrected chi connectivity index (χ3v) is 7.52. The average molecular weight is 524 g/mol. The number of hydrogen-bond donors (Lipinski definition) is 1. The van der Waals surface area contributed by atoms with E-state index in [0.717, 1.165) is 28.8 Å². The van der Waals surface area contributed by atoms with Crippen molar-refractivity contribution in [3.63, 3.8) is 0 Å². The minimum absolute atomic E-state index is 0.00725. The number of carbonyl (C=O) groups is 2. The summed E-state index contributed by atoms with van der Waals surface area (Å²) in [5, 5.41) is 13.8. The molecule has 5 rings (SSSR count). The lowest BCUT2D eigenvalue weighted by Gasteiger charge is -2.31. The van der Waals surface area contributed by atoms with Gasteiger partial charge in [0.25, 0.3) is 0 Å². The van der Waals surface area contributed by atoms with E-state index in [0.29, 0.717) is 23.7 Å². The van der Waals surface area contributed by atoms with Crippen LogP contribution in [0.1, 0.15) is 29.3 Å². The lowest BCUT2D eigenvalue weighted by atomic mass is 10.1. The summed E-state index contributed by atoms with van der Waals surface area (Å²) < 4.78 is 7.24. The van der Waals surface area contributed by atoms with E-state index in [1.165, 1.54) is 11.3 Å². The maximum absolute atomic E-state index is 13.9. The van der Waals surface area contributed by atoms with Gasteiger partial charge in [-0.25, -0.2) is 4.68 Å². The number of aromatic nitrogens is 3. The van der Waals surface area contributed by atoms with Gasteiger partial charge in [-0.3, -0.25) is 9.59 Å². The first-order chi connectivity index (χ1) is 17.6. The van der Waals surface area contributed by atoms with Gasteiger partial charge in [0.2, 0.25) is 11.8 Å². The van der Waals surface area contributed by atoms with E-state index >= 15 is 0 Å². The summed E-state index contributed by atoms with van der Waals surface area (Å²) in [4.78, 5) is 29.8. The van der Waals surface area contributed by atoms with Crippen molar-refractivity contribution in [1.82, 2.24) is 25.2 Å². The Morgan fingerprint density at radius 2 is 2.00 bits per heavy atom. The Hall–Kier alpha value is -3.27. The van der Waals surface area contributed by atoms with E-state index in [2.05, 4.69) is 15.6 Å². The molecule has 2 aromatic carbocycles. The monoisotopic (exact) mass is 523 g/mol. The topological polar surface area (TPSA) is 89.4 Å². The van der Waals surface area contributed by atoms with Crippen molar-refractivity contribution in [2.45, 2.75) is 38.1 Å². The zero-order valence-corrected chi connectivity index (χ0v) is 21.1. The summed E-state index contributed by atoms with van der Waals surface area (Å²) >= 11 is 7.91. The fourth-order valence-corrected chi connectivity index (χ4v) is 5.40. The fourth-order valence-electron chi connectivity index (χ4n) is 4.37. The molecular weight excluding hydrogens is 498 g/mol. The van der Waals surface area contributed by atoms with Crippen LogP contribution in [0.3, 0.4) is 0 Å². The van der Waals surface area contributed by atoms with E-state index < -0.39 is 6.04 Å². The van der Waals surface area contributed by atoms with E-state index in [4.69, 9.17) is 16.3 Å². The minimum atomic E-state index is -0.829. The first-order valence-electron chi connectivity index (χ1n) is 11.8. The molecule has 1 aliphatic rings. The van der Waals surface area contributed by atoms with Crippen LogP contribution in [0, 0.1) is 0 Å². The second-order valence-corrected chi connectivity index (χ2v) is 10.0. The number of hydrogen-bond acceptors (Lipinski definition) is 6. The molecule has 1 fully saturated rings. The summed E-state index contributed by atoms with van der Waals surface area (Å²) in [5.74, 6) is -0.520. The highest BCUT2D eigenvalue weighted by Gasteiger charge is 2.33. The highest BCUT2D eigenvalue weighted by molar-refractivity contribution is 7.10. The molecule has 1 N–H and O–H groups in total. The maximum atomic E-state index is 13.9. The molecule has 8 nitrogen and oxygen atoms in total. The normalized spacial score (nSPS) is 16.2. The Labute approximate surface area is 217 Å². The van der Waals surface area contributed by atoms with Gasteiger partial charge < -0.3 is 15.0 Å². The smallest absolute Gasteiger partial charge is 0.248 e. The number of amides is 2. The first kappa shape index (κ1) is 24.4. The van der Waals surface area contributed by atoms with Crippen LogP contribution < -0.4 is 5.32 Å². The van der Waals surface area contributed by atoms with Gasteiger partial charge in [0.1, 0.15) is 18.1 Å². The second-order valence-electron chi connectivity index (χ2n) is 8.65. The molecule has 2 aromatic heterocycles. The molecular formula is C26H26ClN5O3S. The largest absolute Gasteiger partial charge is 0.376 e. The van der Waals surface area contributed by atoms with E-state index in [-0.39, 0.29) is 31.0 Å². The summed E-state index contributed by atoms with van der Waals surface area (Å²) in [7, 11) is 0. The molecule has 0 bridgehead atoms. The number of benzene rings is 2. The van der Waals surface area contributed by atoms with Crippen molar-refractivity contribution < 1.29 is 14.3 Å². The van der Waals surface area contributed by atoms with Gasteiger partial charge in [-0.05, 0) is 48.1 Å². The second kappa shape index (κ2) is 11.2. The molecule has 0 spiro atoms. The Balaban J connectivity index is 1.47. The highest BCUT2D eigenvalue weighted by Crippen LogP contribution is 2.30. The van der Waals surface area contributed by atoms with Gasteiger partial charge in [0.15, 0.2) is 0 Å². The van der Waals surface area contributed by atoms with Crippen LogP contribution in [0.15, 0.2) is 66.0 Å². The van der Waals surface area contributed by atoms with Crippen LogP contribution in [0.4, 0.5) is 0 Å². The molecule has 186 valence electrons. The quantitative estimate of drug-likeness (QED) is 0.355. The number of rotatable bonds is 9. The van der Waals surface area contributed by atoms with Gasteiger partial charge in [-0.2, -0.15) is 0 Å². The average Bonchev–Trinajstić information content (AvgIpc) is 3.67. The van der Waals surface area contributed by atoms with Crippen LogP contribution in [-0.4, -0.2) is 51.0 Å². The number of carbonyl (C=O) groups excluding carboxylic acids is 2. The molecule has 3 heterocycles. The van der Waals surface area contributed by atoms with E-state index in [1.807, 2.05) is 60.0 Å². The number of nitrogens with zero attached hydrogens (tertiary/aromatic N) is 4. The lowest BCUT2D eigenvalue weighted by molar-refractivity contribution is -0.142. The number of nitrogens with one attached hydrogen (secondary N) is 1. The zero-order chi connectivity index (χ0) is 24.9. The van der Waals surface area contributed by atoms with Gasteiger partial charge in [0, 0.05) is 29.6 Å². The third-order valence-electron chi connectivity index (χ3n) is 6.22. The van der Waals surface area contributed by atoms with Crippen molar-refractivity contribution in [1.29, 1.82) is 0 Å². The van der Waals surface area contributed by atoms with Gasteiger partial charge >= 0.3 is 0 Å². The number of thiophene rings is 1. The SMILES string of the molecule is O=C(NC[C@H]1CCCO1)[C@@H](c1cccs1)N(Cc1ccccc1Cl)C(=O)Cn1nnc2ccccc21. The van der Waals surface area contributed by atoms with Crippen molar-refractivity contribution in [2.24, 2.45) is 0 Å². The maximum Gasteiger partial charge on any atom is 0.248 e. The molecule has 36 heavy (non-hydrogen) atoms. The number of ether oxygens (including phenoxy) is 1. The summed E-state index contributed by atoms with van der Waals surface area (Å²) in [5.41, 5.74) is 2.20. The van der Waals surface area contributed by atoms with Gasteiger partial charge in [-0.15, -0.1) is 16.4 Å². The number of fused-ring (bicyclic) bond motifs is 1. The van der Waals surface area contributed by atoms with Crippen molar-refractivity contribution in [3.8, 4) is 0 Å². The van der Waals surface area contributed by atoms with Gasteiger partial charge in [-0.1, -0.05) is 53.2 Å². The Morgan fingerprint density at radius 1 is 1.17 bits per heavy atom. The lowest BCUT2D eigenvalue weighted by Crippen LogP contribution is -2.45. The molecule has 2 amide bonds. The van der Waals surface area contributed by atoms with E-state index in [1.54, 1.807) is 15.6 Å². The minimum Gasteiger partial charge on any atom is -0.376 e. The Morgan fingerprint density at radius 3 is 2.78 bits per heavy atom. The van der Waals surface area contributed by atoms with Crippen LogP contribution in [0.5, 0.6) is 0 Å². The number of halogens is 1. The predicted molar refractivity (Wildman–Crippen MR) is 139 cm³/mol. The van der Waals surface area contributed by atoms with Crippen molar-refractivity contribution in [2.75, 3.05) is 13.2 Å². The molecule has 1 saturated heterocycles. The molecule has 4 aromatic rings. The highest BCUT2D eigenvalue weighted by atomic mass is 35.5. The van der Waals surface area contributed by atoms with E-state index in [9.17, 15) is 9.59 Å². The van der Waals surface area contributed by atoms with Gasteiger partial charge in [0.05, 0.1) is 11.6 Å². The van der Waals surface area contributed by atoms with Crippen LogP contribution in [0.2, 0.25) is 5.02 Å². The first-order valence-corrected chi connectivity index (χ1v) is 13.1. The zero-order valence-electron chi connectivity index (χ0n) is 19.5. The number of para-hydroxylation sites is 1. The molecule has 10 heteroatoms. The summed E-state index contributed by atoms with van der Waals surface area (Å²) in [6.07, 6.45) is 1.89. The van der Waals surface area contributed by atoms with Crippen molar-refractivity contribution >= 4 is 45.8 Å². The molecule has 0 saturated carbocycles. The standard InChI is InChI=1S/C26H26ClN5O3S/c27-20-9-2-1-7-18(20)16-31(24(33)17-32-22-11-4-3-10-21(22)29-30-32)25(23-12-6-14-36-23)26(34)28-15-19-8-5-13-35-19/h1-4,6-7,9-12,14,19,25H,5,8,13,15-17H2,(H,28,34)/t19-,25-/m1/s1. The Bertz CT molecular complexity index is 1340. The Kier molecular flexibility index (Phi) is 7.60. The summed E-state index contributed by atoms with van der Waals surface area (Å²) in [6.45, 7) is 1.22. The molecule has 2 atom stereocenters. The van der Waals surface area contributed by atoms with Crippen LogP contribution in [-0.2, 0) is 27.4 Å². The van der Waals surface area contributed by atoms with Crippen LogP contribution in [0.25, 0.3) is 11.0 Å². The van der Waals surface area contributed by atoms with Crippen molar-refractivity contribution in [3.05, 3.63) is 81.5 Å². The summed E-state index contributed by atoms with van der Waals surface area (Å²) in [6, 6.07) is 17.7. The third kappa shape index (κ3) is 5.43. The molecule has 0 aliphatic carbocycles. The molecule has 0 unspecified atom stereocenters. The molecule has 1 aliphatic heterocycles. The fraction of sp³-hybridized carbons (Fsp3) is 0.308. The predicted octanol–water partition coefficient (Wildman–Crippen LogP) is 4.21. The molecule has 0 radical (unpaired) electrons.